The molecule has 0 unspecified atom stereocenters. The smallest absolute Gasteiger partial charge is 0.128 e. The van der Waals surface area contributed by atoms with Gasteiger partial charge < -0.3 is 19.7 Å². The van der Waals surface area contributed by atoms with Gasteiger partial charge in [-0.1, -0.05) is 13.0 Å². The summed E-state index contributed by atoms with van der Waals surface area (Å²) >= 11 is 0. The van der Waals surface area contributed by atoms with Crippen molar-refractivity contribution in [2.75, 3.05) is 52.0 Å². The highest BCUT2D eigenvalue weighted by atomic mass is 16.5. The quantitative estimate of drug-likeness (QED) is 0.625. The van der Waals surface area contributed by atoms with E-state index in [2.05, 4.69) is 34.3 Å². The second-order valence-corrected chi connectivity index (χ2v) is 4.67. The molecule has 1 aromatic heterocycles. The number of anilines is 1. The standard InChI is InChI=1S/C15H27N3O2/c1-4-7-16-12-14-5-6-15(17-13-14)18(8-10-19-2)9-11-20-3/h5-6,13,16H,4,7-12H2,1-3H3. The van der Waals surface area contributed by atoms with Crippen LogP contribution in [0.5, 0.6) is 0 Å². The van der Waals surface area contributed by atoms with Gasteiger partial charge in [0.1, 0.15) is 5.82 Å². The van der Waals surface area contributed by atoms with E-state index < -0.39 is 0 Å². The van der Waals surface area contributed by atoms with Crippen LogP contribution in [0.3, 0.4) is 0 Å². The summed E-state index contributed by atoms with van der Waals surface area (Å²) in [4.78, 5) is 6.72. The summed E-state index contributed by atoms with van der Waals surface area (Å²) in [5, 5.41) is 3.38. The molecule has 0 spiro atoms. The largest absolute Gasteiger partial charge is 0.383 e. The minimum atomic E-state index is 0.686. The average molecular weight is 281 g/mol. The summed E-state index contributed by atoms with van der Waals surface area (Å²) in [6.07, 6.45) is 3.08. The third-order valence-electron chi connectivity index (χ3n) is 3.02. The molecule has 0 aromatic carbocycles. The van der Waals surface area contributed by atoms with E-state index in [1.165, 1.54) is 5.56 Å². The van der Waals surface area contributed by atoms with Gasteiger partial charge >= 0.3 is 0 Å². The highest BCUT2D eigenvalue weighted by Gasteiger charge is 2.07. The molecule has 0 atom stereocenters. The Bertz CT molecular complexity index is 335. The molecule has 0 saturated carbocycles. The first-order valence-electron chi connectivity index (χ1n) is 7.20. The fourth-order valence-electron chi connectivity index (χ4n) is 1.86. The number of nitrogens with one attached hydrogen (secondary N) is 1. The first-order chi connectivity index (χ1) is 9.81. The Morgan fingerprint density at radius 3 is 2.35 bits per heavy atom. The molecule has 1 N–H and O–H groups in total. The Balaban J connectivity index is 2.56. The van der Waals surface area contributed by atoms with Gasteiger partial charge in [-0.15, -0.1) is 0 Å². The Hall–Kier alpha value is -1.17. The first-order valence-corrected chi connectivity index (χ1v) is 7.20. The Morgan fingerprint density at radius 2 is 1.85 bits per heavy atom. The zero-order chi connectivity index (χ0) is 14.6. The van der Waals surface area contributed by atoms with Crippen molar-refractivity contribution in [3.63, 3.8) is 0 Å². The van der Waals surface area contributed by atoms with Crippen LogP contribution in [-0.4, -0.2) is 52.1 Å². The number of hydrogen-bond donors (Lipinski definition) is 1. The molecule has 1 aromatic rings. The maximum absolute atomic E-state index is 5.14. The monoisotopic (exact) mass is 281 g/mol. The lowest BCUT2D eigenvalue weighted by atomic mass is 10.2. The van der Waals surface area contributed by atoms with Gasteiger partial charge in [0.25, 0.3) is 0 Å². The van der Waals surface area contributed by atoms with Gasteiger partial charge in [-0.3, -0.25) is 0 Å². The van der Waals surface area contributed by atoms with Crippen molar-refractivity contribution in [1.29, 1.82) is 0 Å². The summed E-state index contributed by atoms with van der Waals surface area (Å²) in [7, 11) is 3.43. The molecule has 0 saturated heterocycles. The third kappa shape index (κ3) is 6.32. The SMILES string of the molecule is CCCNCc1ccc(N(CCOC)CCOC)nc1. The molecule has 0 radical (unpaired) electrons. The number of ether oxygens (including phenoxy) is 2. The molecule has 0 aliphatic heterocycles. The second kappa shape index (κ2) is 10.6. The second-order valence-electron chi connectivity index (χ2n) is 4.67. The van der Waals surface area contributed by atoms with E-state index in [0.29, 0.717) is 13.2 Å². The molecule has 0 aliphatic carbocycles. The minimum Gasteiger partial charge on any atom is -0.383 e. The molecule has 1 rings (SSSR count). The number of methoxy groups -OCH3 is 2. The third-order valence-corrected chi connectivity index (χ3v) is 3.02. The van der Waals surface area contributed by atoms with Crippen LogP contribution in [0.15, 0.2) is 18.3 Å². The van der Waals surface area contributed by atoms with Crippen LogP contribution in [0.2, 0.25) is 0 Å². The molecule has 114 valence electrons. The molecule has 0 aliphatic rings. The van der Waals surface area contributed by atoms with E-state index in [1.54, 1.807) is 14.2 Å². The van der Waals surface area contributed by atoms with Crippen molar-refractivity contribution >= 4 is 5.82 Å². The van der Waals surface area contributed by atoms with E-state index in [9.17, 15) is 0 Å². The molecule has 0 fully saturated rings. The molecular formula is C15H27N3O2. The lowest BCUT2D eigenvalue weighted by Crippen LogP contribution is -2.31. The van der Waals surface area contributed by atoms with Crippen LogP contribution in [-0.2, 0) is 16.0 Å². The topological polar surface area (TPSA) is 46.6 Å². The van der Waals surface area contributed by atoms with E-state index in [0.717, 1.165) is 38.4 Å². The summed E-state index contributed by atoms with van der Waals surface area (Å²) in [6.45, 7) is 7.08. The Morgan fingerprint density at radius 1 is 1.15 bits per heavy atom. The maximum atomic E-state index is 5.14. The number of rotatable bonds is 11. The molecule has 0 amide bonds. The number of pyridine rings is 1. The molecule has 1 heterocycles. The normalized spacial score (nSPS) is 10.8. The molecule has 20 heavy (non-hydrogen) atoms. The van der Waals surface area contributed by atoms with Crippen LogP contribution in [0.4, 0.5) is 5.82 Å². The Labute approximate surface area is 122 Å². The van der Waals surface area contributed by atoms with E-state index in [1.807, 2.05) is 6.20 Å². The van der Waals surface area contributed by atoms with Gasteiger partial charge in [-0.05, 0) is 24.6 Å². The Kier molecular flexibility index (Phi) is 8.95. The molecule has 0 bridgehead atoms. The van der Waals surface area contributed by atoms with Gasteiger partial charge in [0.2, 0.25) is 0 Å². The van der Waals surface area contributed by atoms with Gasteiger partial charge in [0.15, 0.2) is 0 Å². The van der Waals surface area contributed by atoms with Gasteiger partial charge in [0, 0.05) is 40.1 Å². The summed E-state index contributed by atoms with van der Waals surface area (Å²) in [5.41, 5.74) is 1.21. The van der Waals surface area contributed by atoms with Crippen molar-refractivity contribution < 1.29 is 9.47 Å². The van der Waals surface area contributed by atoms with Gasteiger partial charge in [-0.2, -0.15) is 0 Å². The average Bonchev–Trinajstić information content (AvgIpc) is 2.49. The summed E-state index contributed by atoms with van der Waals surface area (Å²) in [6, 6.07) is 4.19. The first kappa shape index (κ1) is 16.9. The van der Waals surface area contributed by atoms with Crippen molar-refractivity contribution in [2.24, 2.45) is 0 Å². The predicted molar refractivity (Wildman–Crippen MR) is 82.2 cm³/mol. The number of hydrogen-bond acceptors (Lipinski definition) is 5. The van der Waals surface area contributed by atoms with Gasteiger partial charge in [0.05, 0.1) is 13.2 Å². The van der Waals surface area contributed by atoms with E-state index in [4.69, 9.17) is 9.47 Å². The zero-order valence-electron chi connectivity index (χ0n) is 12.9. The lowest BCUT2D eigenvalue weighted by Gasteiger charge is -2.23. The van der Waals surface area contributed by atoms with Gasteiger partial charge in [-0.25, -0.2) is 4.98 Å². The fraction of sp³-hybridized carbons (Fsp3) is 0.667. The molecular weight excluding hydrogens is 254 g/mol. The summed E-state index contributed by atoms with van der Waals surface area (Å²) < 4.78 is 10.3. The molecule has 5 nitrogen and oxygen atoms in total. The van der Waals surface area contributed by atoms with Crippen LogP contribution in [0.25, 0.3) is 0 Å². The van der Waals surface area contributed by atoms with Crippen molar-refractivity contribution in [2.45, 2.75) is 19.9 Å². The van der Waals surface area contributed by atoms with Crippen molar-refractivity contribution in [1.82, 2.24) is 10.3 Å². The van der Waals surface area contributed by atoms with Crippen molar-refractivity contribution in [3.05, 3.63) is 23.9 Å². The fourth-order valence-corrected chi connectivity index (χ4v) is 1.86. The highest BCUT2D eigenvalue weighted by molar-refractivity contribution is 5.39. The van der Waals surface area contributed by atoms with Crippen LogP contribution in [0, 0.1) is 0 Å². The zero-order valence-corrected chi connectivity index (χ0v) is 12.9. The maximum Gasteiger partial charge on any atom is 0.128 e. The lowest BCUT2D eigenvalue weighted by molar-refractivity contribution is 0.190. The van der Waals surface area contributed by atoms with Crippen LogP contribution >= 0.6 is 0 Å². The van der Waals surface area contributed by atoms with E-state index in [-0.39, 0.29) is 0 Å². The van der Waals surface area contributed by atoms with Crippen LogP contribution in [0.1, 0.15) is 18.9 Å². The minimum absolute atomic E-state index is 0.686. The predicted octanol–water partition coefficient (Wildman–Crippen LogP) is 1.68. The van der Waals surface area contributed by atoms with Crippen molar-refractivity contribution in [3.8, 4) is 0 Å². The number of nitrogens with zero attached hydrogens (tertiary/aromatic N) is 2. The number of aromatic nitrogens is 1. The highest BCUT2D eigenvalue weighted by Crippen LogP contribution is 2.11. The van der Waals surface area contributed by atoms with Crippen LogP contribution < -0.4 is 10.2 Å². The molecule has 5 heteroatoms. The van der Waals surface area contributed by atoms with E-state index >= 15 is 0 Å². The summed E-state index contributed by atoms with van der Waals surface area (Å²) in [5.74, 6) is 0.971.